The SMILES string of the molecule is Cc1nc(Nc2cccc(F)c2)cc(N2CCC[C@@H](C(=O)O)C2)n1. The van der Waals surface area contributed by atoms with Crippen LogP contribution in [-0.2, 0) is 4.79 Å². The van der Waals surface area contributed by atoms with E-state index < -0.39 is 5.97 Å². The lowest BCUT2D eigenvalue weighted by molar-refractivity contribution is -0.141. The lowest BCUT2D eigenvalue weighted by Gasteiger charge is -2.31. The second kappa shape index (κ2) is 6.82. The highest BCUT2D eigenvalue weighted by molar-refractivity contribution is 5.71. The molecule has 7 heteroatoms. The van der Waals surface area contributed by atoms with Crippen molar-refractivity contribution < 1.29 is 14.3 Å². The maximum atomic E-state index is 13.3. The van der Waals surface area contributed by atoms with Gasteiger partial charge < -0.3 is 15.3 Å². The van der Waals surface area contributed by atoms with E-state index in [9.17, 15) is 14.3 Å². The highest BCUT2D eigenvalue weighted by atomic mass is 19.1. The molecule has 1 aliphatic heterocycles. The summed E-state index contributed by atoms with van der Waals surface area (Å²) >= 11 is 0. The van der Waals surface area contributed by atoms with Gasteiger partial charge in [-0.15, -0.1) is 0 Å². The maximum Gasteiger partial charge on any atom is 0.308 e. The maximum absolute atomic E-state index is 13.3. The molecular formula is C17H19FN4O2. The molecule has 0 unspecified atom stereocenters. The summed E-state index contributed by atoms with van der Waals surface area (Å²) in [6.45, 7) is 2.98. The van der Waals surface area contributed by atoms with E-state index in [1.54, 1.807) is 25.1 Å². The molecule has 0 radical (unpaired) electrons. The molecule has 1 saturated heterocycles. The zero-order chi connectivity index (χ0) is 17.1. The van der Waals surface area contributed by atoms with E-state index in [-0.39, 0.29) is 11.7 Å². The van der Waals surface area contributed by atoms with Gasteiger partial charge in [-0.25, -0.2) is 14.4 Å². The lowest BCUT2D eigenvalue weighted by Crippen LogP contribution is -2.39. The van der Waals surface area contributed by atoms with Crippen LogP contribution in [0.5, 0.6) is 0 Å². The molecule has 2 aromatic rings. The second-order valence-electron chi connectivity index (χ2n) is 5.92. The molecule has 126 valence electrons. The molecule has 0 bridgehead atoms. The largest absolute Gasteiger partial charge is 0.481 e. The van der Waals surface area contributed by atoms with Crippen molar-refractivity contribution in [2.24, 2.45) is 5.92 Å². The highest BCUT2D eigenvalue weighted by Gasteiger charge is 2.26. The van der Waals surface area contributed by atoms with Gasteiger partial charge in [0.15, 0.2) is 0 Å². The number of aryl methyl sites for hydroxylation is 1. The highest BCUT2D eigenvalue weighted by Crippen LogP contribution is 2.25. The number of aromatic nitrogens is 2. The monoisotopic (exact) mass is 330 g/mol. The van der Waals surface area contributed by atoms with E-state index >= 15 is 0 Å². The molecule has 1 atom stereocenters. The van der Waals surface area contributed by atoms with Crippen molar-refractivity contribution in [2.75, 3.05) is 23.3 Å². The average Bonchev–Trinajstić information content (AvgIpc) is 2.54. The smallest absolute Gasteiger partial charge is 0.308 e. The van der Waals surface area contributed by atoms with E-state index in [0.29, 0.717) is 36.1 Å². The van der Waals surface area contributed by atoms with Gasteiger partial charge in [-0.2, -0.15) is 0 Å². The topological polar surface area (TPSA) is 78.4 Å². The quantitative estimate of drug-likeness (QED) is 0.897. The van der Waals surface area contributed by atoms with Gasteiger partial charge >= 0.3 is 5.97 Å². The number of hydrogen-bond donors (Lipinski definition) is 2. The number of hydrogen-bond acceptors (Lipinski definition) is 5. The zero-order valence-corrected chi connectivity index (χ0v) is 13.4. The summed E-state index contributed by atoms with van der Waals surface area (Å²) in [5.41, 5.74) is 0.598. The number of nitrogens with one attached hydrogen (secondary N) is 1. The van der Waals surface area contributed by atoms with Crippen LogP contribution in [0.4, 0.5) is 21.7 Å². The third-order valence-electron chi connectivity index (χ3n) is 4.02. The number of carboxylic acids is 1. The number of rotatable bonds is 4. The standard InChI is InChI=1S/C17H19FN4O2/c1-11-19-15(21-14-6-2-5-13(18)8-14)9-16(20-11)22-7-3-4-12(10-22)17(23)24/h2,5-6,8-9,12H,3-4,7,10H2,1H3,(H,23,24)(H,19,20,21)/t12-/m1/s1. The summed E-state index contributed by atoms with van der Waals surface area (Å²) in [4.78, 5) is 21.9. The Kier molecular flexibility index (Phi) is 4.59. The van der Waals surface area contributed by atoms with Crippen molar-refractivity contribution >= 4 is 23.3 Å². The second-order valence-corrected chi connectivity index (χ2v) is 5.92. The van der Waals surface area contributed by atoms with Gasteiger partial charge in [0.2, 0.25) is 0 Å². The number of carbonyl (C=O) groups is 1. The van der Waals surface area contributed by atoms with E-state index in [0.717, 1.165) is 13.0 Å². The van der Waals surface area contributed by atoms with Gasteiger partial charge in [0.05, 0.1) is 5.92 Å². The number of nitrogens with zero attached hydrogens (tertiary/aromatic N) is 3. The lowest BCUT2D eigenvalue weighted by atomic mass is 9.98. The predicted octanol–water partition coefficient (Wildman–Crippen LogP) is 2.97. The molecule has 1 aromatic heterocycles. The molecule has 6 nitrogen and oxygen atoms in total. The first-order valence-corrected chi connectivity index (χ1v) is 7.87. The van der Waals surface area contributed by atoms with Crippen molar-refractivity contribution in [3.8, 4) is 0 Å². The van der Waals surface area contributed by atoms with Crippen LogP contribution < -0.4 is 10.2 Å². The first-order chi connectivity index (χ1) is 11.5. The van der Waals surface area contributed by atoms with Crippen LogP contribution in [0.2, 0.25) is 0 Å². The normalized spacial score (nSPS) is 17.6. The Morgan fingerprint density at radius 2 is 2.21 bits per heavy atom. The summed E-state index contributed by atoms with van der Waals surface area (Å²) in [6.07, 6.45) is 1.50. The Bertz CT molecular complexity index is 753. The molecule has 1 aliphatic rings. The minimum Gasteiger partial charge on any atom is -0.481 e. The van der Waals surface area contributed by atoms with Crippen molar-refractivity contribution in [3.05, 3.63) is 42.0 Å². The van der Waals surface area contributed by atoms with Crippen LogP contribution in [0.25, 0.3) is 0 Å². The minimum atomic E-state index is -0.774. The van der Waals surface area contributed by atoms with Gasteiger partial charge in [-0.3, -0.25) is 4.79 Å². The van der Waals surface area contributed by atoms with Crippen LogP contribution in [0, 0.1) is 18.7 Å². The fourth-order valence-corrected chi connectivity index (χ4v) is 2.88. The van der Waals surface area contributed by atoms with Crippen molar-refractivity contribution in [2.45, 2.75) is 19.8 Å². The molecule has 3 rings (SSSR count). The van der Waals surface area contributed by atoms with Gasteiger partial charge in [0.1, 0.15) is 23.3 Å². The molecule has 2 heterocycles. The Labute approximate surface area is 139 Å². The van der Waals surface area contributed by atoms with E-state index in [4.69, 9.17) is 0 Å². The molecule has 1 fully saturated rings. The van der Waals surface area contributed by atoms with Gasteiger partial charge in [-0.05, 0) is 38.0 Å². The third kappa shape index (κ3) is 3.79. The van der Waals surface area contributed by atoms with Crippen molar-refractivity contribution in [3.63, 3.8) is 0 Å². The first-order valence-electron chi connectivity index (χ1n) is 7.87. The molecule has 0 saturated carbocycles. The number of halogens is 1. The molecule has 1 aromatic carbocycles. The Morgan fingerprint density at radius 3 is 2.96 bits per heavy atom. The number of benzene rings is 1. The predicted molar refractivity (Wildman–Crippen MR) is 89.0 cm³/mol. The number of anilines is 3. The summed E-state index contributed by atoms with van der Waals surface area (Å²) in [7, 11) is 0. The fraction of sp³-hybridized carbons (Fsp3) is 0.353. The summed E-state index contributed by atoms with van der Waals surface area (Å²) in [6, 6.07) is 7.90. The third-order valence-corrected chi connectivity index (χ3v) is 4.02. The number of carboxylic acid groups (broad SMARTS) is 1. The van der Waals surface area contributed by atoms with Crippen LogP contribution in [-0.4, -0.2) is 34.1 Å². The van der Waals surface area contributed by atoms with Crippen LogP contribution >= 0.6 is 0 Å². The molecule has 0 aliphatic carbocycles. The van der Waals surface area contributed by atoms with E-state index in [2.05, 4.69) is 15.3 Å². The summed E-state index contributed by atoms with van der Waals surface area (Å²) in [5.74, 6) is 0.334. The zero-order valence-electron chi connectivity index (χ0n) is 13.4. The first kappa shape index (κ1) is 16.2. The molecule has 24 heavy (non-hydrogen) atoms. The van der Waals surface area contributed by atoms with Crippen LogP contribution in [0.15, 0.2) is 30.3 Å². The minimum absolute atomic E-state index is 0.327. The van der Waals surface area contributed by atoms with E-state index in [1.165, 1.54) is 12.1 Å². The number of aliphatic carboxylic acids is 1. The molecule has 0 spiro atoms. The average molecular weight is 330 g/mol. The van der Waals surface area contributed by atoms with Gasteiger partial charge in [-0.1, -0.05) is 6.07 Å². The van der Waals surface area contributed by atoms with Crippen molar-refractivity contribution in [1.82, 2.24) is 9.97 Å². The summed E-state index contributed by atoms with van der Waals surface area (Å²) in [5, 5.41) is 12.3. The Balaban J connectivity index is 1.82. The van der Waals surface area contributed by atoms with Crippen LogP contribution in [0.1, 0.15) is 18.7 Å². The van der Waals surface area contributed by atoms with Gasteiger partial charge in [0.25, 0.3) is 0 Å². The Morgan fingerprint density at radius 1 is 1.38 bits per heavy atom. The summed E-state index contributed by atoms with van der Waals surface area (Å²) < 4.78 is 13.3. The van der Waals surface area contributed by atoms with E-state index in [1.807, 2.05) is 4.90 Å². The van der Waals surface area contributed by atoms with Crippen LogP contribution in [0.3, 0.4) is 0 Å². The molecule has 0 amide bonds. The van der Waals surface area contributed by atoms with Crippen molar-refractivity contribution in [1.29, 1.82) is 0 Å². The molecule has 2 N–H and O–H groups in total. The molecular weight excluding hydrogens is 311 g/mol. The van der Waals surface area contributed by atoms with Gasteiger partial charge in [0, 0.05) is 24.8 Å². The number of piperidine rings is 1. The fourth-order valence-electron chi connectivity index (χ4n) is 2.88. The Hall–Kier alpha value is -2.70.